The zero-order chi connectivity index (χ0) is 15.9. The Kier molecular flexibility index (Phi) is 3.40. The molecule has 0 aliphatic carbocycles. The van der Waals surface area contributed by atoms with E-state index in [2.05, 4.69) is 10.4 Å². The van der Waals surface area contributed by atoms with Crippen LogP contribution in [-0.2, 0) is 16.6 Å². The van der Waals surface area contributed by atoms with E-state index in [4.69, 9.17) is 0 Å². The van der Waals surface area contributed by atoms with Crippen LogP contribution < -0.4 is 11.0 Å². The second-order valence-corrected chi connectivity index (χ2v) is 5.44. The molecule has 0 saturated carbocycles. The number of nitrogens with one attached hydrogen (secondary N) is 1. The molecule has 2 heterocycles. The van der Waals surface area contributed by atoms with E-state index in [9.17, 15) is 14.4 Å². The average molecular weight is 300 g/mol. The third-order valence-electron chi connectivity index (χ3n) is 3.82. The smallest absolute Gasteiger partial charge is 0.295 e. The number of imide groups is 1. The first kappa shape index (κ1) is 14.2. The Morgan fingerprint density at radius 2 is 1.86 bits per heavy atom. The maximum atomic E-state index is 12.4. The Labute approximate surface area is 126 Å². The van der Waals surface area contributed by atoms with Crippen LogP contribution in [0.25, 0.3) is 11.4 Å². The highest BCUT2D eigenvalue weighted by Crippen LogP contribution is 2.20. The van der Waals surface area contributed by atoms with Gasteiger partial charge >= 0.3 is 5.69 Å². The molecule has 1 saturated heterocycles. The molecule has 0 spiro atoms. The normalized spacial score (nSPS) is 18.4. The van der Waals surface area contributed by atoms with Crippen LogP contribution in [0.3, 0.4) is 0 Å². The highest BCUT2D eigenvalue weighted by Gasteiger charge is 2.31. The lowest BCUT2D eigenvalue weighted by Gasteiger charge is -2.19. The van der Waals surface area contributed by atoms with Crippen LogP contribution in [0.1, 0.15) is 24.4 Å². The zero-order valence-corrected chi connectivity index (χ0v) is 12.4. The molecule has 1 aliphatic heterocycles. The molecule has 3 rings (SSSR count). The molecular formula is C15H16N4O3. The average Bonchev–Trinajstić information content (AvgIpc) is 2.77. The van der Waals surface area contributed by atoms with Gasteiger partial charge in [-0.2, -0.15) is 0 Å². The minimum Gasteiger partial charge on any atom is -0.295 e. The van der Waals surface area contributed by atoms with E-state index in [1.807, 2.05) is 31.2 Å². The summed E-state index contributed by atoms with van der Waals surface area (Å²) in [6.07, 6.45) is 0.494. The molecule has 0 radical (unpaired) electrons. The first-order valence-electron chi connectivity index (χ1n) is 7.03. The summed E-state index contributed by atoms with van der Waals surface area (Å²) in [7, 11) is 1.62. The number of hydrogen-bond donors (Lipinski definition) is 1. The largest absolute Gasteiger partial charge is 0.346 e. The Bertz CT molecular complexity index is 801. The van der Waals surface area contributed by atoms with Gasteiger partial charge in [0.05, 0.1) is 0 Å². The fourth-order valence-electron chi connectivity index (χ4n) is 2.53. The van der Waals surface area contributed by atoms with Crippen LogP contribution in [0, 0.1) is 6.92 Å². The molecule has 1 aliphatic rings. The molecule has 22 heavy (non-hydrogen) atoms. The van der Waals surface area contributed by atoms with Crippen LogP contribution >= 0.6 is 0 Å². The molecule has 7 heteroatoms. The molecule has 2 amide bonds. The van der Waals surface area contributed by atoms with Crippen LogP contribution in [0.2, 0.25) is 0 Å². The monoisotopic (exact) mass is 300 g/mol. The third kappa shape index (κ3) is 2.34. The van der Waals surface area contributed by atoms with Crippen molar-refractivity contribution in [3.8, 4) is 11.4 Å². The molecule has 1 fully saturated rings. The van der Waals surface area contributed by atoms with Gasteiger partial charge in [-0.15, -0.1) is 5.10 Å². The van der Waals surface area contributed by atoms with Gasteiger partial charge < -0.3 is 0 Å². The number of nitrogens with zero attached hydrogens (tertiary/aromatic N) is 3. The van der Waals surface area contributed by atoms with Gasteiger partial charge in [-0.1, -0.05) is 29.8 Å². The van der Waals surface area contributed by atoms with E-state index in [0.717, 1.165) is 15.8 Å². The molecular weight excluding hydrogens is 284 g/mol. The number of hydrogen-bond acceptors (Lipinski definition) is 4. The van der Waals surface area contributed by atoms with E-state index in [-0.39, 0.29) is 24.4 Å². The van der Waals surface area contributed by atoms with Gasteiger partial charge in [-0.25, -0.2) is 9.48 Å². The molecule has 0 unspecified atom stereocenters. The summed E-state index contributed by atoms with van der Waals surface area (Å²) in [6.45, 7) is 1.98. The summed E-state index contributed by atoms with van der Waals surface area (Å²) in [5.41, 5.74) is 1.54. The van der Waals surface area contributed by atoms with Crippen molar-refractivity contribution in [3.05, 3.63) is 40.3 Å². The maximum Gasteiger partial charge on any atom is 0.346 e. The summed E-state index contributed by atoms with van der Waals surface area (Å²) < 4.78 is 2.57. The minimum atomic E-state index is -0.740. The van der Waals surface area contributed by atoms with Crippen LogP contribution in [0.5, 0.6) is 0 Å². The van der Waals surface area contributed by atoms with Gasteiger partial charge in [-0.3, -0.25) is 19.5 Å². The summed E-state index contributed by atoms with van der Waals surface area (Å²) >= 11 is 0. The quantitative estimate of drug-likeness (QED) is 0.820. The summed E-state index contributed by atoms with van der Waals surface area (Å²) in [6, 6.07) is 6.89. The number of aromatic nitrogens is 3. The number of aryl methyl sites for hydroxylation is 1. The van der Waals surface area contributed by atoms with Crippen molar-refractivity contribution in [1.82, 2.24) is 19.7 Å². The Morgan fingerprint density at radius 3 is 2.50 bits per heavy atom. The van der Waals surface area contributed by atoms with Gasteiger partial charge in [0, 0.05) is 19.0 Å². The lowest BCUT2D eigenvalue weighted by molar-refractivity contribution is -0.136. The number of amides is 2. The minimum absolute atomic E-state index is 0.208. The van der Waals surface area contributed by atoms with Crippen molar-refractivity contribution >= 4 is 11.8 Å². The van der Waals surface area contributed by atoms with Gasteiger partial charge in [-0.05, 0) is 13.3 Å². The van der Waals surface area contributed by atoms with Crippen LogP contribution in [-0.4, -0.2) is 26.2 Å². The Morgan fingerprint density at radius 1 is 1.18 bits per heavy atom. The highest BCUT2D eigenvalue weighted by molar-refractivity contribution is 5.99. The van der Waals surface area contributed by atoms with Crippen molar-refractivity contribution in [2.75, 3.05) is 0 Å². The molecule has 2 aromatic rings. The lowest BCUT2D eigenvalue weighted by Crippen LogP contribution is -2.44. The SMILES string of the molecule is Cc1ccc(-c2nn([C@@H]3CCC(=O)NC3=O)c(=O)n2C)cc1. The first-order chi connectivity index (χ1) is 10.5. The number of benzene rings is 1. The van der Waals surface area contributed by atoms with Gasteiger partial charge in [0.15, 0.2) is 5.82 Å². The fraction of sp³-hybridized carbons (Fsp3) is 0.333. The molecule has 114 valence electrons. The third-order valence-corrected chi connectivity index (χ3v) is 3.82. The van der Waals surface area contributed by atoms with E-state index >= 15 is 0 Å². The van der Waals surface area contributed by atoms with Crippen LogP contribution in [0.15, 0.2) is 29.1 Å². The van der Waals surface area contributed by atoms with E-state index in [1.54, 1.807) is 7.05 Å². The topological polar surface area (TPSA) is 86.0 Å². The Balaban J connectivity index is 2.03. The molecule has 0 bridgehead atoms. The molecule has 1 aromatic heterocycles. The van der Waals surface area contributed by atoms with Gasteiger partial charge in [0.25, 0.3) is 5.91 Å². The van der Waals surface area contributed by atoms with Crippen molar-refractivity contribution in [1.29, 1.82) is 0 Å². The van der Waals surface area contributed by atoms with Crippen LogP contribution in [0.4, 0.5) is 0 Å². The van der Waals surface area contributed by atoms with Gasteiger partial charge in [0.1, 0.15) is 6.04 Å². The molecule has 1 N–H and O–H groups in total. The van der Waals surface area contributed by atoms with Gasteiger partial charge in [0.2, 0.25) is 5.91 Å². The second-order valence-electron chi connectivity index (χ2n) is 5.44. The molecule has 7 nitrogen and oxygen atoms in total. The van der Waals surface area contributed by atoms with Crippen molar-refractivity contribution in [2.45, 2.75) is 25.8 Å². The first-order valence-corrected chi connectivity index (χ1v) is 7.03. The fourth-order valence-corrected chi connectivity index (χ4v) is 2.53. The number of carbonyl (C=O) groups excluding carboxylic acids is 2. The number of piperidine rings is 1. The predicted molar refractivity (Wildman–Crippen MR) is 79.1 cm³/mol. The van der Waals surface area contributed by atoms with E-state index in [0.29, 0.717) is 5.82 Å². The van der Waals surface area contributed by atoms with Crippen molar-refractivity contribution in [3.63, 3.8) is 0 Å². The maximum absolute atomic E-state index is 12.4. The second kappa shape index (κ2) is 5.25. The van der Waals surface area contributed by atoms with Crippen molar-refractivity contribution < 1.29 is 9.59 Å². The standard InChI is InChI=1S/C15H16N4O3/c1-9-3-5-10(6-4-9)13-17-19(15(22)18(13)2)11-7-8-12(20)16-14(11)21/h3-6,11H,7-8H2,1-2H3,(H,16,20,21)/t11-/m1/s1. The molecule has 1 atom stereocenters. The highest BCUT2D eigenvalue weighted by atomic mass is 16.2. The van der Waals surface area contributed by atoms with E-state index < -0.39 is 11.9 Å². The summed E-state index contributed by atoms with van der Waals surface area (Å²) in [5, 5.41) is 6.55. The molecule has 1 aromatic carbocycles. The zero-order valence-electron chi connectivity index (χ0n) is 12.4. The lowest BCUT2D eigenvalue weighted by atomic mass is 10.1. The number of carbonyl (C=O) groups is 2. The summed E-state index contributed by atoms with van der Waals surface area (Å²) in [5.74, 6) is -0.300. The number of rotatable bonds is 2. The summed E-state index contributed by atoms with van der Waals surface area (Å²) in [4.78, 5) is 35.5. The van der Waals surface area contributed by atoms with E-state index in [1.165, 1.54) is 4.57 Å². The Hall–Kier alpha value is -2.70. The van der Waals surface area contributed by atoms with Crippen molar-refractivity contribution in [2.24, 2.45) is 7.05 Å². The predicted octanol–water partition coefficient (Wildman–Crippen LogP) is 0.535.